The average Bonchev–Trinajstić information content (AvgIpc) is 2.79. The van der Waals surface area contributed by atoms with Gasteiger partial charge in [-0.25, -0.2) is 0 Å². The smallest absolute Gasteiger partial charge is 0.251 e. The highest BCUT2D eigenvalue weighted by atomic mass is 16.5. The molecule has 4 nitrogen and oxygen atoms in total. The molecule has 4 heteroatoms. The number of amides is 1. The average molecular weight is 246 g/mol. The van der Waals surface area contributed by atoms with Crippen molar-refractivity contribution in [2.24, 2.45) is 11.7 Å². The molecule has 1 aromatic rings. The summed E-state index contributed by atoms with van der Waals surface area (Å²) in [4.78, 5) is 12.0. The topological polar surface area (TPSA) is 64.3 Å². The number of fused-ring (bicyclic) bond motifs is 1. The van der Waals surface area contributed by atoms with Crippen LogP contribution in [0.4, 0.5) is 0 Å². The van der Waals surface area contributed by atoms with Crippen LogP contribution in [-0.2, 0) is 18.0 Å². The molecule has 0 aromatic heterocycles. The van der Waals surface area contributed by atoms with Crippen molar-refractivity contribution >= 4 is 5.91 Å². The molecule has 0 bridgehead atoms. The zero-order valence-corrected chi connectivity index (χ0v) is 10.3. The molecule has 1 aliphatic heterocycles. The maximum Gasteiger partial charge on any atom is 0.251 e. The fourth-order valence-corrected chi connectivity index (χ4v) is 2.61. The third kappa shape index (κ3) is 2.26. The first kappa shape index (κ1) is 11.7. The Kier molecular flexibility index (Phi) is 3.06. The minimum Gasteiger partial charge on any atom is -0.372 e. The Hall–Kier alpha value is -1.39. The molecular formula is C14H18N2O2. The zero-order valence-electron chi connectivity index (χ0n) is 10.3. The molecule has 3 rings (SSSR count). The SMILES string of the molecule is NC1CC(CNC(=O)c2ccc3c(c2)COC3)C1. The molecule has 0 atom stereocenters. The van der Waals surface area contributed by atoms with E-state index in [1.54, 1.807) is 0 Å². The van der Waals surface area contributed by atoms with Gasteiger partial charge in [0.25, 0.3) is 5.91 Å². The van der Waals surface area contributed by atoms with Crippen molar-refractivity contribution in [2.45, 2.75) is 32.1 Å². The third-order valence-electron chi connectivity index (χ3n) is 3.81. The number of carbonyl (C=O) groups is 1. The van der Waals surface area contributed by atoms with Crippen LogP contribution < -0.4 is 11.1 Å². The van der Waals surface area contributed by atoms with E-state index in [-0.39, 0.29) is 5.91 Å². The largest absolute Gasteiger partial charge is 0.372 e. The minimum absolute atomic E-state index is 0.00479. The summed E-state index contributed by atoms with van der Waals surface area (Å²) in [5.74, 6) is 0.562. The Morgan fingerprint density at radius 1 is 1.33 bits per heavy atom. The highest BCUT2D eigenvalue weighted by Gasteiger charge is 2.26. The van der Waals surface area contributed by atoms with Crippen LogP contribution in [-0.4, -0.2) is 18.5 Å². The number of carbonyl (C=O) groups excluding carboxylic acids is 1. The standard InChI is InChI=1S/C14H18N2O2/c15-13-3-9(4-13)6-16-14(17)10-1-2-11-7-18-8-12(11)5-10/h1-2,5,9,13H,3-4,6-8,15H2,(H,16,17). The Morgan fingerprint density at radius 3 is 2.89 bits per heavy atom. The molecule has 2 aliphatic rings. The molecule has 0 saturated heterocycles. The van der Waals surface area contributed by atoms with Crippen molar-refractivity contribution in [3.8, 4) is 0 Å². The first-order valence-corrected chi connectivity index (χ1v) is 6.45. The molecule has 1 fully saturated rings. The molecule has 96 valence electrons. The van der Waals surface area contributed by atoms with Gasteiger partial charge in [-0.05, 0) is 42.0 Å². The van der Waals surface area contributed by atoms with Crippen molar-refractivity contribution in [3.63, 3.8) is 0 Å². The van der Waals surface area contributed by atoms with E-state index in [1.165, 1.54) is 5.56 Å². The van der Waals surface area contributed by atoms with Gasteiger partial charge in [0.2, 0.25) is 0 Å². The Balaban J connectivity index is 1.58. The minimum atomic E-state index is 0.00479. The van der Waals surface area contributed by atoms with Crippen molar-refractivity contribution in [2.75, 3.05) is 6.54 Å². The van der Waals surface area contributed by atoms with Crippen LogP contribution >= 0.6 is 0 Å². The van der Waals surface area contributed by atoms with E-state index in [1.807, 2.05) is 18.2 Å². The lowest BCUT2D eigenvalue weighted by Gasteiger charge is -2.32. The summed E-state index contributed by atoms with van der Waals surface area (Å²) in [7, 11) is 0. The van der Waals surface area contributed by atoms with Crippen LogP contribution in [0, 0.1) is 5.92 Å². The first-order chi connectivity index (χ1) is 8.72. The Morgan fingerprint density at radius 2 is 2.11 bits per heavy atom. The van der Waals surface area contributed by atoms with Crippen molar-refractivity contribution in [1.29, 1.82) is 0 Å². The van der Waals surface area contributed by atoms with Gasteiger partial charge >= 0.3 is 0 Å². The summed E-state index contributed by atoms with van der Waals surface area (Å²) in [6.45, 7) is 2.02. The number of rotatable bonds is 3. The highest BCUT2D eigenvalue weighted by Crippen LogP contribution is 2.25. The Labute approximate surface area is 107 Å². The van der Waals surface area contributed by atoms with Gasteiger partial charge in [0.15, 0.2) is 0 Å². The van der Waals surface area contributed by atoms with E-state index in [0.29, 0.717) is 25.2 Å². The van der Waals surface area contributed by atoms with Crippen LogP contribution in [0.15, 0.2) is 18.2 Å². The maximum absolute atomic E-state index is 12.0. The second-order valence-electron chi connectivity index (χ2n) is 5.28. The van der Waals surface area contributed by atoms with E-state index in [9.17, 15) is 4.79 Å². The van der Waals surface area contributed by atoms with E-state index < -0.39 is 0 Å². The number of ether oxygens (including phenoxy) is 1. The lowest BCUT2D eigenvalue weighted by Crippen LogP contribution is -2.42. The van der Waals surface area contributed by atoms with Gasteiger partial charge < -0.3 is 15.8 Å². The van der Waals surface area contributed by atoms with Crippen molar-refractivity contribution < 1.29 is 9.53 Å². The zero-order chi connectivity index (χ0) is 12.5. The van der Waals surface area contributed by atoms with Gasteiger partial charge in [0, 0.05) is 18.2 Å². The lowest BCUT2D eigenvalue weighted by molar-refractivity contribution is 0.0935. The summed E-state index contributed by atoms with van der Waals surface area (Å²) >= 11 is 0. The monoisotopic (exact) mass is 246 g/mol. The third-order valence-corrected chi connectivity index (χ3v) is 3.81. The molecule has 0 radical (unpaired) electrons. The molecule has 1 saturated carbocycles. The van der Waals surface area contributed by atoms with Gasteiger partial charge in [0.05, 0.1) is 13.2 Å². The second-order valence-corrected chi connectivity index (χ2v) is 5.28. The normalized spacial score (nSPS) is 25.4. The highest BCUT2D eigenvalue weighted by molar-refractivity contribution is 5.94. The van der Waals surface area contributed by atoms with E-state index in [4.69, 9.17) is 10.5 Å². The van der Waals surface area contributed by atoms with Crippen LogP contribution in [0.1, 0.15) is 34.3 Å². The number of nitrogens with two attached hydrogens (primary N) is 1. The van der Waals surface area contributed by atoms with Crippen molar-refractivity contribution in [1.82, 2.24) is 5.32 Å². The number of hydrogen-bond donors (Lipinski definition) is 2. The number of hydrogen-bond acceptors (Lipinski definition) is 3. The Bertz CT molecular complexity index is 467. The van der Waals surface area contributed by atoms with Crippen LogP contribution in [0.25, 0.3) is 0 Å². The fourth-order valence-electron chi connectivity index (χ4n) is 2.61. The van der Waals surface area contributed by atoms with Crippen LogP contribution in [0.5, 0.6) is 0 Å². The lowest BCUT2D eigenvalue weighted by atomic mass is 9.81. The van der Waals surface area contributed by atoms with Gasteiger partial charge in [0.1, 0.15) is 0 Å². The van der Waals surface area contributed by atoms with Crippen LogP contribution in [0.3, 0.4) is 0 Å². The molecule has 18 heavy (non-hydrogen) atoms. The predicted octanol–water partition coefficient (Wildman–Crippen LogP) is 1.18. The van der Waals surface area contributed by atoms with E-state index in [0.717, 1.165) is 30.5 Å². The quantitative estimate of drug-likeness (QED) is 0.842. The first-order valence-electron chi connectivity index (χ1n) is 6.45. The molecule has 1 heterocycles. The van der Waals surface area contributed by atoms with Gasteiger partial charge in [-0.15, -0.1) is 0 Å². The summed E-state index contributed by atoms with van der Waals surface area (Å²) in [6, 6.07) is 6.12. The molecule has 1 aliphatic carbocycles. The molecule has 1 amide bonds. The summed E-state index contributed by atoms with van der Waals surface area (Å²) in [5, 5.41) is 2.98. The molecule has 0 unspecified atom stereocenters. The van der Waals surface area contributed by atoms with E-state index in [2.05, 4.69) is 5.32 Å². The van der Waals surface area contributed by atoms with E-state index >= 15 is 0 Å². The fraction of sp³-hybridized carbons (Fsp3) is 0.500. The predicted molar refractivity (Wildman–Crippen MR) is 68.0 cm³/mol. The number of nitrogens with one attached hydrogen (secondary N) is 1. The van der Waals surface area contributed by atoms with Gasteiger partial charge in [-0.2, -0.15) is 0 Å². The number of benzene rings is 1. The van der Waals surface area contributed by atoms with Crippen molar-refractivity contribution in [3.05, 3.63) is 34.9 Å². The molecular weight excluding hydrogens is 228 g/mol. The second kappa shape index (κ2) is 4.71. The summed E-state index contributed by atoms with van der Waals surface area (Å²) in [5.41, 5.74) is 8.77. The maximum atomic E-state index is 12.0. The molecule has 0 spiro atoms. The van der Waals surface area contributed by atoms with Crippen LogP contribution in [0.2, 0.25) is 0 Å². The molecule has 3 N–H and O–H groups in total. The van der Waals surface area contributed by atoms with Gasteiger partial charge in [-0.1, -0.05) is 6.07 Å². The van der Waals surface area contributed by atoms with Gasteiger partial charge in [-0.3, -0.25) is 4.79 Å². The summed E-state index contributed by atoms with van der Waals surface area (Å²) in [6.07, 6.45) is 2.05. The summed E-state index contributed by atoms with van der Waals surface area (Å²) < 4.78 is 5.34. The molecule has 1 aromatic carbocycles.